The van der Waals surface area contributed by atoms with E-state index in [1.165, 1.54) is 12.0 Å². The van der Waals surface area contributed by atoms with Gasteiger partial charge < -0.3 is 9.47 Å². The van der Waals surface area contributed by atoms with E-state index in [1.54, 1.807) is 24.3 Å². The third kappa shape index (κ3) is 3.13. The molecule has 0 N–H and O–H groups in total. The second-order valence-corrected chi connectivity index (χ2v) is 9.19. The molecule has 3 aliphatic rings. The number of methoxy groups -OCH3 is 1. The van der Waals surface area contributed by atoms with Gasteiger partial charge in [0.15, 0.2) is 0 Å². The van der Waals surface area contributed by atoms with Gasteiger partial charge in [0.05, 0.1) is 30.6 Å². The summed E-state index contributed by atoms with van der Waals surface area (Å²) in [7, 11) is 1.50. The lowest BCUT2D eigenvalue weighted by atomic mass is 9.64. The van der Waals surface area contributed by atoms with Gasteiger partial charge in [0.2, 0.25) is 11.8 Å². The van der Waals surface area contributed by atoms with Gasteiger partial charge in [0.25, 0.3) is 0 Å². The van der Waals surface area contributed by atoms with E-state index in [2.05, 4.69) is 0 Å². The molecule has 0 bridgehead atoms. The summed E-state index contributed by atoms with van der Waals surface area (Å²) in [6.07, 6.45) is 1.99. The van der Waals surface area contributed by atoms with E-state index in [0.29, 0.717) is 17.2 Å². The number of nitrogens with zero attached hydrogens (tertiary/aromatic N) is 1. The predicted molar refractivity (Wildman–Crippen MR) is 130 cm³/mol. The summed E-state index contributed by atoms with van der Waals surface area (Å²) in [5, 5.41) is 0. The SMILES string of the molecule is COc1ccccc1N1C(=O)[C@@H]2[C@@H]3C(=O)Oc4cc(C)ccc4C3=C[C@H](c3ccccc3)[C@H]2C1=O. The number of carbonyl (C=O) groups excluding carboxylic acids is 3. The maximum absolute atomic E-state index is 14.0. The molecule has 174 valence electrons. The third-order valence-corrected chi connectivity index (χ3v) is 7.26. The second-order valence-electron chi connectivity index (χ2n) is 9.19. The molecule has 0 saturated carbocycles. The number of para-hydroxylation sites is 2. The van der Waals surface area contributed by atoms with Crippen molar-refractivity contribution in [1.29, 1.82) is 0 Å². The van der Waals surface area contributed by atoms with Gasteiger partial charge in [-0.05, 0) is 41.8 Å². The first kappa shape index (κ1) is 21.4. The first-order chi connectivity index (χ1) is 17.0. The number of amides is 2. The van der Waals surface area contributed by atoms with Crippen molar-refractivity contribution in [3.63, 3.8) is 0 Å². The molecule has 35 heavy (non-hydrogen) atoms. The zero-order valence-electron chi connectivity index (χ0n) is 19.3. The molecule has 0 radical (unpaired) electrons. The fraction of sp³-hybridized carbons (Fsp3) is 0.207. The Labute approximate surface area is 202 Å². The van der Waals surface area contributed by atoms with Crippen LogP contribution in [-0.4, -0.2) is 24.9 Å². The molecule has 6 nitrogen and oxygen atoms in total. The van der Waals surface area contributed by atoms with Gasteiger partial charge in [-0.15, -0.1) is 0 Å². The third-order valence-electron chi connectivity index (χ3n) is 7.26. The van der Waals surface area contributed by atoms with E-state index >= 15 is 0 Å². The summed E-state index contributed by atoms with van der Waals surface area (Å²) in [4.78, 5) is 42.4. The van der Waals surface area contributed by atoms with E-state index in [9.17, 15) is 14.4 Å². The maximum atomic E-state index is 14.0. The quantitative estimate of drug-likeness (QED) is 0.323. The number of allylic oxidation sites excluding steroid dienone is 1. The summed E-state index contributed by atoms with van der Waals surface area (Å²) >= 11 is 0. The zero-order valence-corrected chi connectivity index (χ0v) is 19.3. The minimum absolute atomic E-state index is 0.337. The van der Waals surface area contributed by atoms with Crippen LogP contribution in [0.15, 0.2) is 78.9 Å². The lowest BCUT2D eigenvalue weighted by Crippen LogP contribution is -2.42. The summed E-state index contributed by atoms with van der Waals surface area (Å²) in [6.45, 7) is 1.93. The number of carbonyl (C=O) groups is 3. The molecule has 0 unspecified atom stereocenters. The number of aryl methyl sites for hydroxylation is 1. The van der Waals surface area contributed by atoms with Crippen molar-refractivity contribution in [3.05, 3.63) is 95.6 Å². The maximum Gasteiger partial charge on any atom is 0.319 e. The number of esters is 1. The molecule has 1 fully saturated rings. The first-order valence-electron chi connectivity index (χ1n) is 11.6. The molecule has 0 aromatic heterocycles. The summed E-state index contributed by atoms with van der Waals surface area (Å²) < 4.78 is 11.2. The Kier molecular flexibility index (Phi) is 4.85. The van der Waals surface area contributed by atoms with Crippen LogP contribution in [0.25, 0.3) is 5.57 Å². The molecule has 3 aromatic rings. The van der Waals surface area contributed by atoms with Gasteiger partial charge in [-0.1, -0.05) is 60.7 Å². The number of fused-ring (bicyclic) bond motifs is 5. The molecular weight excluding hydrogens is 442 g/mol. The van der Waals surface area contributed by atoms with E-state index in [1.807, 2.05) is 61.5 Å². The molecule has 6 heteroatoms. The van der Waals surface area contributed by atoms with Crippen molar-refractivity contribution < 1.29 is 23.9 Å². The van der Waals surface area contributed by atoms with E-state index in [0.717, 1.165) is 22.3 Å². The van der Waals surface area contributed by atoms with Crippen LogP contribution in [0.3, 0.4) is 0 Å². The number of hydrogen-bond acceptors (Lipinski definition) is 5. The number of benzene rings is 3. The van der Waals surface area contributed by atoms with Crippen molar-refractivity contribution in [2.45, 2.75) is 12.8 Å². The summed E-state index contributed by atoms with van der Waals surface area (Å²) in [5.74, 6) is -3.17. The number of rotatable bonds is 3. The molecular formula is C29H23NO5. The minimum Gasteiger partial charge on any atom is -0.495 e. The minimum atomic E-state index is -0.875. The van der Waals surface area contributed by atoms with Crippen molar-refractivity contribution in [2.24, 2.45) is 17.8 Å². The molecule has 2 aliphatic heterocycles. The van der Waals surface area contributed by atoms with Crippen molar-refractivity contribution >= 4 is 29.0 Å². The van der Waals surface area contributed by atoms with Gasteiger partial charge in [0.1, 0.15) is 11.5 Å². The lowest BCUT2D eigenvalue weighted by Gasteiger charge is -2.38. The lowest BCUT2D eigenvalue weighted by molar-refractivity contribution is -0.142. The van der Waals surface area contributed by atoms with E-state index < -0.39 is 29.6 Å². The van der Waals surface area contributed by atoms with Crippen LogP contribution >= 0.6 is 0 Å². The summed E-state index contributed by atoms with van der Waals surface area (Å²) in [6, 6.07) is 22.3. The Hall–Kier alpha value is -4.19. The average Bonchev–Trinajstić information content (AvgIpc) is 3.13. The monoisotopic (exact) mass is 465 g/mol. The molecule has 6 rings (SSSR count). The highest BCUT2D eigenvalue weighted by Crippen LogP contribution is 2.55. The normalized spacial score (nSPS) is 24.8. The Morgan fingerprint density at radius 1 is 0.857 bits per heavy atom. The van der Waals surface area contributed by atoms with Crippen LogP contribution < -0.4 is 14.4 Å². The second kappa shape index (κ2) is 7.94. The van der Waals surface area contributed by atoms with Crippen LogP contribution in [0.5, 0.6) is 11.5 Å². The molecule has 2 amide bonds. The van der Waals surface area contributed by atoms with E-state index in [-0.39, 0.29) is 11.8 Å². The largest absolute Gasteiger partial charge is 0.495 e. The molecule has 0 spiro atoms. The number of ether oxygens (including phenoxy) is 2. The Morgan fingerprint density at radius 3 is 2.34 bits per heavy atom. The molecule has 1 saturated heterocycles. The van der Waals surface area contributed by atoms with Gasteiger partial charge in [-0.3, -0.25) is 14.4 Å². The highest BCUT2D eigenvalue weighted by molar-refractivity contribution is 6.25. The van der Waals surface area contributed by atoms with Crippen LogP contribution in [0, 0.1) is 24.7 Å². The molecule has 4 atom stereocenters. The highest BCUT2D eigenvalue weighted by atomic mass is 16.5. The van der Waals surface area contributed by atoms with Crippen LogP contribution in [0.2, 0.25) is 0 Å². The van der Waals surface area contributed by atoms with Crippen LogP contribution in [0.4, 0.5) is 5.69 Å². The Morgan fingerprint density at radius 2 is 1.57 bits per heavy atom. The van der Waals surface area contributed by atoms with Gasteiger partial charge in [-0.2, -0.15) is 0 Å². The van der Waals surface area contributed by atoms with Crippen molar-refractivity contribution in [2.75, 3.05) is 12.0 Å². The van der Waals surface area contributed by atoms with Crippen LogP contribution in [-0.2, 0) is 14.4 Å². The molecule has 3 aromatic carbocycles. The number of hydrogen-bond donors (Lipinski definition) is 0. The number of anilines is 1. The van der Waals surface area contributed by atoms with Gasteiger partial charge >= 0.3 is 5.97 Å². The average molecular weight is 466 g/mol. The Balaban J connectivity index is 1.56. The topological polar surface area (TPSA) is 72.9 Å². The zero-order chi connectivity index (χ0) is 24.3. The van der Waals surface area contributed by atoms with Gasteiger partial charge in [0, 0.05) is 11.5 Å². The van der Waals surface area contributed by atoms with Crippen LogP contribution in [0.1, 0.15) is 22.6 Å². The Bertz CT molecular complexity index is 1410. The van der Waals surface area contributed by atoms with Crippen molar-refractivity contribution in [3.8, 4) is 11.5 Å². The fourth-order valence-electron chi connectivity index (χ4n) is 5.72. The molecule has 2 heterocycles. The smallest absolute Gasteiger partial charge is 0.319 e. The molecule has 1 aliphatic carbocycles. The fourth-order valence-corrected chi connectivity index (χ4v) is 5.72. The number of imide groups is 1. The summed E-state index contributed by atoms with van der Waals surface area (Å²) in [5.41, 5.74) is 3.81. The highest BCUT2D eigenvalue weighted by Gasteiger charge is 2.60. The predicted octanol–water partition coefficient (Wildman–Crippen LogP) is 4.53. The first-order valence-corrected chi connectivity index (χ1v) is 11.6. The standard InChI is InChI=1S/C29H23NO5/c1-16-12-13-18-20-15-19(17-8-4-3-5-9-17)24-26(25(20)29(33)35-23(18)14-16)28(32)30(27(24)31)21-10-6-7-11-22(21)34-2/h3-15,19,24-26H,1-2H3/t19-,24-,25-,26+/m1/s1. The van der Waals surface area contributed by atoms with Gasteiger partial charge in [-0.25, -0.2) is 4.90 Å². The van der Waals surface area contributed by atoms with Crippen molar-refractivity contribution in [1.82, 2.24) is 0 Å². The van der Waals surface area contributed by atoms with E-state index in [4.69, 9.17) is 9.47 Å².